The molecule has 3 nitrogen and oxygen atoms in total. The number of hydrogen-bond acceptors (Lipinski definition) is 3. The van der Waals surface area contributed by atoms with E-state index in [1.165, 1.54) is 37.7 Å². The van der Waals surface area contributed by atoms with E-state index >= 15 is 0 Å². The maximum absolute atomic E-state index is 5.21. The van der Waals surface area contributed by atoms with Crippen molar-refractivity contribution < 1.29 is 4.74 Å². The van der Waals surface area contributed by atoms with Crippen LogP contribution in [0.3, 0.4) is 0 Å². The highest BCUT2D eigenvalue weighted by molar-refractivity contribution is 5.51. The summed E-state index contributed by atoms with van der Waals surface area (Å²) in [6, 6.07) is 5.95. The highest BCUT2D eigenvalue weighted by Crippen LogP contribution is 2.30. The molecule has 0 atom stereocenters. The molecule has 1 N–H and O–H groups in total. The molecule has 1 heterocycles. The predicted molar refractivity (Wildman–Crippen MR) is 83.9 cm³/mol. The Morgan fingerprint density at radius 3 is 2.85 bits per heavy atom. The molecule has 1 aromatic heterocycles. The molecule has 0 saturated heterocycles. The van der Waals surface area contributed by atoms with Gasteiger partial charge in [0, 0.05) is 12.6 Å². The molecule has 1 aromatic rings. The maximum atomic E-state index is 5.21. The number of nitrogens with one attached hydrogen (secondary N) is 1. The van der Waals surface area contributed by atoms with Crippen LogP contribution in [0.15, 0.2) is 23.8 Å². The van der Waals surface area contributed by atoms with E-state index in [9.17, 15) is 0 Å². The monoisotopic (exact) mass is 274 g/mol. The summed E-state index contributed by atoms with van der Waals surface area (Å²) in [5, 5.41) is 3.47. The number of aromatic nitrogens is 1. The van der Waals surface area contributed by atoms with Crippen molar-refractivity contribution in [1.82, 2.24) is 10.3 Å². The molecule has 2 rings (SSSR count). The molecule has 0 radical (unpaired) electrons. The lowest BCUT2D eigenvalue weighted by Gasteiger charge is -2.25. The van der Waals surface area contributed by atoms with Crippen molar-refractivity contribution in [2.24, 2.45) is 5.92 Å². The average Bonchev–Trinajstić information content (AvgIpc) is 2.52. The summed E-state index contributed by atoms with van der Waals surface area (Å²) in [6.07, 6.45) is 9.01. The summed E-state index contributed by atoms with van der Waals surface area (Å²) in [5.74, 6) is 1.40. The van der Waals surface area contributed by atoms with E-state index in [-0.39, 0.29) is 0 Å². The van der Waals surface area contributed by atoms with Gasteiger partial charge in [0.25, 0.3) is 0 Å². The summed E-state index contributed by atoms with van der Waals surface area (Å²) in [7, 11) is 1.66. The second kappa shape index (κ2) is 8.05. The largest absolute Gasteiger partial charge is 0.481 e. The first-order valence-corrected chi connectivity index (χ1v) is 7.75. The van der Waals surface area contributed by atoms with E-state index in [1.54, 1.807) is 7.11 Å². The first-order valence-electron chi connectivity index (χ1n) is 7.75. The minimum atomic E-state index is 0.685. The summed E-state index contributed by atoms with van der Waals surface area (Å²) >= 11 is 0. The number of pyridine rings is 1. The van der Waals surface area contributed by atoms with Crippen LogP contribution in [0.2, 0.25) is 0 Å². The zero-order chi connectivity index (χ0) is 14.2. The zero-order valence-electron chi connectivity index (χ0n) is 12.7. The van der Waals surface area contributed by atoms with Crippen LogP contribution in [0.4, 0.5) is 0 Å². The first-order chi connectivity index (χ1) is 9.83. The average molecular weight is 274 g/mol. The molecule has 0 bridgehead atoms. The molecule has 1 aliphatic carbocycles. The fourth-order valence-corrected chi connectivity index (χ4v) is 2.87. The van der Waals surface area contributed by atoms with Crippen LogP contribution in [-0.2, 0) is 0 Å². The number of methoxy groups -OCH3 is 1. The molecule has 0 unspecified atom stereocenters. The van der Waals surface area contributed by atoms with Crippen LogP contribution in [0.25, 0.3) is 6.08 Å². The Morgan fingerprint density at radius 2 is 2.15 bits per heavy atom. The van der Waals surface area contributed by atoms with Crippen molar-refractivity contribution in [3.8, 4) is 5.88 Å². The quantitative estimate of drug-likeness (QED) is 0.859. The fraction of sp³-hybridized carbons (Fsp3) is 0.588. The molecular weight excluding hydrogens is 248 g/mol. The molecule has 1 saturated carbocycles. The molecule has 3 heteroatoms. The van der Waals surface area contributed by atoms with E-state index in [4.69, 9.17) is 4.74 Å². The summed E-state index contributed by atoms with van der Waals surface area (Å²) < 4.78 is 5.21. The molecule has 0 aromatic carbocycles. The van der Waals surface area contributed by atoms with E-state index in [0.717, 1.165) is 24.7 Å². The summed E-state index contributed by atoms with van der Waals surface area (Å²) in [6.45, 7) is 4.14. The van der Waals surface area contributed by atoms with Crippen molar-refractivity contribution in [1.29, 1.82) is 0 Å². The third kappa shape index (κ3) is 4.34. The summed E-state index contributed by atoms with van der Waals surface area (Å²) in [5.41, 5.74) is 2.50. The van der Waals surface area contributed by atoms with Crippen LogP contribution < -0.4 is 10.1 Å². The van der Waals surface area contributed by atoms with Crippen LogP contribution >= 0.6 is 0 Å². The molecule has 110 valence electrons. The first kappa shape index (κ1) is 15.0. The fourth-order valence-electron chi connectivity index (χ4n) is 2.87. The number of rotatable bonds is 6. The predicted octanol–water partition coefficient (Wildman–Crippen LogP) is 3.66. The third-order valence-electron chi connectivity index (χ3n) is 4.00. The Morgan fingerprint density at radius 1 is 1.35 bits per heavy atom. The van der Waals surface area contributed by atoms with Crippen molar-refractivity contribution in [2.45, 2.75) is 39.0 Å². The number of likely N-dealkylation sites (N-methyl/N-ethyl adjacent to an activating group) is 1. The van der Waals surface area contributed by atoms with Gasteiger partial charge in [-0.15, -0.1) is 0 Å². The lowest BCUT2D eigenvalue weighted by Crippen LogP contribution is -2.22. The second-order valence-electron chi connectivity index (χ2n) is 5.44. The second-order valence-corrected chi connectivity index (χ2v) is 5.44. The minimum Gasteiger partial charge on any atom is -0.481 e. The number of ether oxygens (including phenoxy) is 1. The van der Waals surface area contributed by atoms with Gasteiger partial charge in [0.05, 0.1) is 12.8 Å². The van der Waals surface area contributed by atoms with Gasteiger partial charge in [0.1, 0.15) is 0 Å². The molecule has 0 amide bonds. The van der Waals surface area contributed by atoms with E-state index in [0.29, 0.717) is 5.88 Å². The Balaban J connectivity index is 2.16. The van der Waals surface area contributed by atoms with Gasteiger partial charge in [0.2, 0.25) is 5.88 Å². The van der Waals surface area contributed by atoms with Gasteiger partial charge < -0.3 is 10.1 Å². The van der Waals surface area contributed by atoms with E-state index in [2.05, 4.69) is 29.4 Å². The third-order valence-corrected chi connectivity index (χ3v) is 4.00. The number of hydrogen-bond donors (Lipinski definition) is 1. The van der Waals surface area contributed by atoms with Gasteiger partial charge in [0.15, 0.2) is 0 Å². The van der Waals surface area contributed by atoms with Crippen LogP contribution in [0.1, 0.15) is 44.7 Å². The standard InChI is InChI=1S/C17H26N2O/c1-3-18-13-15(14-8-5-4-6-9-14)12-16-10-7-11-17(19-16)20-2/h7,10-12,14,18H,3-6,8-9,13H2,1-2H3/b15-12-. The van der Waals surface area contributed by atoms with Gasteiger partial charge in [-0.3, -0.25) is 0 Å². The Hall–Kier alpha value is -1.35. The van der Waals surface area contributed by atoms with Crippen LogP contribution in [0, 0.1) is 5.92 Å². The van der Waals surface area contributed by atoms with Gasteiger partial charge in [-0.2, -0.15) is 0 Å². The van der Waals surface area contributed by atoms with Gasteiger partial charge in [-0.25, -0.2) is 4.98 Å². The van der Waals surface area contributed by atoms with Gasteiger partial charge >= 0.3 is 0 Å². The summed E-state index contributed by atoms with van der Waals surface area (Å²) in [4.78, 5) is 4.51. The Bertz CT molecular complexity index is 436. The highest BCUT2D eigenvalue weighted by atomic mass is 16.5. The normalized spacial score (nSPS) is 17.2. The smallest absolute Gasteiger partial charge is 0.213 e. The molecule has 0 spiro atoms. The van der Waals surface area contributed by atoms with Crippen LogP contribution in [0.5, 0.6) is 5.88 Å². The topological polar surface area (TPSA) is 34.1 Å². The Kier molecular flexibility index (Phi) is 6.06. The van der Waals surface area contributed by atoms with Gasteiger partial charge in [-0.05, 0) is 37.4 Å². The molecular formula is C17H26N2O. The lowest BCUT2D eigenvalue weighted by molar-refractivity contribution is 0.395. The lowest BCUT2D eigenvalue weighted by atomic mass is 9.83. The van der Waals surface area contributed by atoms with E-state index < -0.39 is 0 Å². The van der Waals surface area contributed by atoms with Crippen molar-refractivity contribution >= 4 is 6.08 Å². The van der Waals surface area contributed by atoms with Crippen molar-refractivity contribution in [2.75, 3.05) is 20.2 Å². The van der Waals surface area contributed by atoms with Crippen molar-refractivity contribution in [3.63, 3.8) is 0 Å². The Labute approximate surface area is 122 Å². The van der Waals surface area contributed by atoms with Gasteiger partial charge in [-0.1, -0.05) is 37.8 Å². The molecule has 0 aliphatic heterocycles. The zero-order valence-corrected chi connectivity index (χ0v) is 12.7. The molecule has 1 aliphatic rings. The van der Waals surface area contributed by atoms with Crippen LogP contribution in [-0.4, -0.2) is 25.2 Å². The van der Waals surface area contributed by atoms with Crippen molar-refractivity contribution in [3.05, 3.63) is 29.5 Å². The van der Waals surface area contributed by atoms with E-state index in [1.807, 2.05) is 12.1 Å². The minimum absolute atomic E-state index is 0.685. The molecule has 20 heavy (non-hydrogen) atoms. The molecule has 1 fully saturated rings. The highest BCUT2D eigenvalue weighted by Gasteiger charge is 2.17. The SMILES string of the molecule is CCNC/C(=C/c1cccc(OC)n1)C1CCCCC1. The number of nitrogens with zero attached hydrogens (tertiary/aromatic N) is 1. The maximum Gasteiger partial charge on any atom is 0.213 e.